The van der Waals surface area contributed by atoms with Crippen LogP contribution in [0.15, 0.2) is 59.0 Å². The van der Waals surface area contributed by atoms with E-state index in [1.54, 1.807) is 24.3 Å². The van der Waals surface area contributed by atoms with Gasteiger partial charge in [0.25, 0.3) is 5.91 Å². The Kier molecular flexibility index (Phi) is 8.14. The van der Waals surface area contributed by atoms with E-state index < -0.39 is 0 Å². The maximum atomic E-state index is 12.4. The van der Waals surface area contributed by atoms with Gasteiger partial charge in [-0.15, -0.1) is 10.2 Å². The van der Waals surface area contributed by atoms with Crippen LogP contribution in [0.1, 0.15) is 29.6 Å². The van der Waals surface area contributed by atoms with E-state index in [0.29, 0.717) is 30.6 Å². The Morgan fingerprint density at radius 1 is 1.06 bits per heavy atom. The van der Waals surface area contributed by atoms with E-state index in [4.69, 9.17) is 13.9 Å². The lowest BCUT2D eigenvalue weighted by Gasteiger charge is -2.24. The van der Waals surface area contributed by atoms with Gasteiger partial charge < -0.3 is 19.2 Å². The first-order valence-corrected chi connectivity index (χ1v) is 10.2. The second kappa shape index (κ2) is 11.2. The van der Waals surface area contributed by atoms with E-state index in [1.165, 1.54) is 0 Å². The van der Waals surface area contributed by atoms with Crippen LogP contribution in [0, 0.1) is 0 Å². The predicted octanol–water partition coefficient (Wildman–Crippen LogP) is 3.36. The number of hydrogen-bond acceptors (Lipinski definition) is 7. The molecule has 0 spiro atoms. The molecule has 2 aromatic carbocycles. The Morgan fingerprint density at radius 2 is 1.81 bits per heavy atom. The summed E-state index contributed by atoms with van der Waals surface area (Å²) in [5, 5.41) is 11.1. The van der Waals surface area contributed by atoms with Crippen molar-refractivity contribution >= 4 is 5.91 Å². The molecule has 1 atom stereocenters. The molecule has 0 bridgehead atoms. The van der Waals surface area contributed by atoms with Gasteiger partial charge in [-0.05, 0) is 56.9 Å². The second-order valence-corrected chi connectivity index (χ2v) is 7.15. The van der Waals surface area contributed by atoms with E-state index in [9.17, 15) is 4.79 Å². The van der Waals surface area contributed by atoms with Gasteiger partial charge in [0, 0.05) is 11.1 Å². The number of hydrogen-bond donors (Lipinski definition) is 1. The van der Waals surface area contributed by atoms with Crippen molar-refractivity contribution in [3.63, 3.8) is 0 Å². The maximum Gasteiger partial charge on any atom is 0.252 e. The zero-order valence-electron chi connectivity index (χ0n) is 18.1. The van der Waals surface area contributed by atoms with Crippen LogP contribution >= 0.6 is 0 Å². The van der Waals surface area contributed by atoms with Gasteiger partial charge in [-0.25, -0.2) is 0 Å². The summed E-state index contributed by atoms with van der Waals surface area (Å²) < 4.78 is 16.7. The van der Waals surface area contributed by atoms with Gasteiger partial charge >= 0.3 is 0 Å². The summed E-state index contributed by atoms with van der Waals surface area (Å²) in [6, 6.07) is 16.6. The minimum Gasteiger partial charge on any atom is -0.491 e. The lowest BCUT2D eigenvalue weighted by Crippen LogP contribution is -2.44. The largest absolute Gasteiger partial charge is 0.491 e. The van der Waals surface area contributed by atoms with E-state index in [1.807, 2.05) is 56.3 Å². The molecule has 31 heavy (non-hydrogen) atoms. The zero-order valence-corrected chi connectivity index (χ0v) is 18.1. The minimum atomic E-state index is -0.121. The Morgan fingerprint density at radius 3 is 2.48 bits per heavy atom. The summed E-state index contributed by atoms with van der Waals surface area (Å²) in [6.07, 6.45) is 0.811. The minimum absolute atomic E-state index is 0.0104. The van der Waals surface area contributed by atoms with Crippen LogP contribution < -0.4 is 10.1 Å². The molecule has 3 aromatic rings. The van der Waals surface area contributed by atoms with Gasteiger partial charge in [0.1, 0.15) is 19.0 Å². The summed E-state index contributed by atoms with van der Waals surface area (Å²) in [6.45, 7) is 3.07. The first kappa shape index (κ1) is 22.5. The molecule has 1 amide bonds. The van der Waals surface area contributed by atoms with Gasteiger partial charge in [0.2, 0.25) is 11.8 Å². The zero-order chi connectivity index (χ0) is 22.1. The third-order valence-electron chi connectivity index (χ3n) is 4.63. The van der Waals surface area contributed by atoms with Crippen molar-refractivity contribution in [2.24, 2.45) is 0 Å². The van der Waals surface area contributed by atoms with Crippen LogP contribution in [0.5, 0.6) is 5.75 Å². The van der Waals surface area contributed by atoms with Crippen LogP contribution in [-0.4, -0.2) is 54.5 Å². The molecular formula is C23H28N4O4. The number of amides is 1. The smallest absolute Gasteiger partial charge is 0.252 e. The molecule has 0 aliphatic heterocycles. The Balaban J connectivity index is 1.47. The van der Waals surface area contributed by atoms with Crippen LogP contribution in [0.4, 0.5) is 0 Å². The predicted molar refractivity (Wildman–Crippen MR) is 117 cm³/mol. The number of ether oxygens (including phenoxy) is 2. The number of nitrogens with zero attached hydrogens (tertiary/aromatic N) is 3. The number of carbonyl (C=O) groups is 1. The summed E-state index contributed by atoms with van der Waals surface area (Å²) >= 11 is 0. The fraction of sp³-hybridized carbons (Fsp3) is 0.348. The molecule has 0 aliphatic rings. The lowest BCUT2D eigenvalue weighted by atomic mass is 10.1. The molecule has 3 rings (SSSR count). The summed E-state index contributed by atoms with van der Waals surface area (Å²) in [4.78, 5) is 14.4. The molecule has 8 nitrogen and oxygen atoms in total. The summed E-state index contributed by atoms with van der Waals surface area (Å²) in [5.74, 6) is 1.44. The van der Waals surface area contributed by atoms with Gasteiger partial charge in [-0.3, -0.25) is 9.69 Å². The molecule has 8 heteroatoms. The average Bonchev–Trinajstić information content (AvgIpc) is 3.26. The highest BCUT2D eigenvalue weighted by atomic mass is 16.5. The van der Waals surface area contributed by atoms with Crippen LogP contribution in [0.25, 0.3) is 11.5 Å². The normalized spacial score (nSPS) is 12.0. The highest BCUT2D eigenvalue weighted by Crippen LogP contribution is 2.19. The molecule has 0 saturated heterocycles. The summed E-state index contributed by atoms with van der Waals surface area (Å²) in [5.41, 5.74) is 1.31. The van der Waals surface area contributed by atoms with Crippen molar-refractivity contribution in [3.05, 3.63) is 66.1 Å². The monoisotopic (exact) mass is 424 g/mol. The fourth-order valence-corrected chi connectivity index (χ4v) is 2.92. The number of carbonyl (C=O) groups excluding carboxylic acids is 1. The first-order chi connectivity index (χ1) is 15.1. The third-order valence-corrected chi connectivity index (χ3v) is 4.63. The van der Waals surface area contributed by atoms with Crippen molar-refractivity contribution < 1.29 is 18.7 Å². The second-order valence-electron chi connectivity index (χ2n) is 7.15. The Hall–Kier alpha value is -3.23. The molecule has 0 saturated carbocycles. The Bertz CT molecular complexity index is 942. The van der Waals surface area contributed by atoms with Crippen molar-refractivity contribution in [2.45, 2.75) is 26.1 Å². The lowest BCUT2D eigenvalue weighted by molar-refractivity contribution is 0.0757. The average molecular weight is 425 g/mol. The van der Waals surface area contributed by atoms with Gasteiger partial charge in [0.05, 0.1) is 12.8 Å². The topological polar surface area (TPSA) is 89.7 Å². The van der Waals surface area contributed by atoms with Gasteiger partial charge in [0.15, 0.2) is 0 Å². The SMILES string of the molecule is CCC(NC(=O)c1ccc(-c2nnc(COCCOc3ccccc3)o2)cc1)N(C)C. The van der Waals surface area contributed by atoms with E-state index in [0.717, 1.165) is 17.7 Å². The van der Waals surface area contributed by atoms with Crippen LogP contribution in [0.2, 0.25) is 0 Å². The molecule has 1 unspecified atom stereocenters. The van der Waals surface area contributed by atoms with Crippen molar-refractivity contribution in [3.8, 4) is 17.2 Å². The number of aromatic nitrogens is 2. The standard InChI is InChI=1S/C23H28N4O4/c1-4-20(27(2)3)24-22(28)17-10-12-18(13-11-17)23-26-25-21(31-23)16-29-14-15-30-19-8-6-5-7-9-19/h5-13,20H,4,14-16H2,1-3H3,(H,24,28). The molecule has 1 heterocycles. The molecule has 0 fully saturated rings. The quantitative estimate of drug-likeness (QED) is 0.373. The van der Waals surface area contributed by atoms with Crippen molar-refractivity contribution in [1.82, 2.24) is 20.4 Å². The maximum absolute atomic E-state index is 12.4. The number of nitrogens with one attached hydrogen (secondary N) is 1. The van der Waals surface area contributed by atoms with Crippen LogP contribution in [0.3, 0.4) is 0 Å². The van der Waals surface area contributed by atoms with E-state index in [2.05, 4.69) is 15.5 Å². The number of benzene rings is 2. The first-order valence-electron chi connectivity index (χ1n) is 10.2. The molecule has 0 aliphatic carbocycles. The molecule has 0 radical (unpaired) electrons. The highest BCUT2D eigenvalue weighted by molar-refractivity contribution is 5.94. The molecule has 164 valence electrons. The van der Waals surface area contributed by atoms with Gasteiger partial charge in [-0.1, -0.05) is 25.1 Å². The number of rotatable bonds is 11. The number of para-hydroxylation sites is 1. The Labute approximate surface area is 182 Å². The highest BCUT2D eigenvalue weighted by Gasteiger charge is 2.15. The van der Waals surface area contributed by atoms with Crippen molar-refractivity contribution in [2.75, 3.05) is 27.3 Å². The van der Waals surface area contributed by atoms with Crippen molar-refractivity contribution in [1.29, 1.82) is 0 Å². The molecular weight excluding hydrogens is 396 g/mol. The fourth-order valence-electron chi connectivity index (χ4n) is 2.92. The molecule has 1 aromatic heterocycles. The van der Waals surface area contributed by atoms with E-state index in [-0.39, 0.29) is 18.7 Å². The third kappa shape index (κ3) is 6.63. The van der Waals surface area contributed by atoms with Crippen LogP contribution in [-0.2, 0) is 11.3 Å². The van der Waals surface area contributed by atoms with E-state index >= 15 is 0 Å². The van der Waals surface area contributed by atoms with Gasteiger partial charge in [-0.2, -0.15) is 0 Å². The molecule has 1 N–H and O–H groups in total. The summed E-state index contributed by atoms with van der Waals surface area (Å²) in [7, 11) is 3.87.